The van der Waals surface area contributed by atoms with Crippen molar-refractivity contribution in [3.8, 4) is 0 Å². The molecule has 0 saturated carbocycles. The summed E-state index contributed by atoms with van der Waals surface area (Å²) >= 11 is 0. The van der Waals surface area contributed by atoms with E-state index in [9.17, 15) is 22.4 Å². The summed E-state index contributed by atoms with van der Waals surface area (Å²) < 4.78 is 50.6. The molecule has 1 aromatic carbocycles. The number of alkyl halides is 3. The van der Waals surface area contributed by atoms with Crippen LogP contribution in [0.15, 0.2) is 24.3 Å². The third kappa shape index (κ3) is 5.90. The number of hydrogen-bond acceptors (Lipinski definition) is 4. The molecule has 28 heavy (non-hydrogen) atoms. The number of rotatable bonds is 3. The Hall–Kier alpha value is -2.20. The van der Waals surface area contributed by atoms with Crippen LogP contribution in [0.1, 0.15) is 24.8 Å². The van der Waals surface area contributed by atoms with Crippen LogP contribution in [0.5, 0.6) is 0 Å². The van der Waals surface area contributed by atoms with Gasteiger partial charge in [-0.3, -0.25) is 9.69 Å². The van der Waals surface area contributed by atoms with E-state index in [0.29, 0.717) is 6.04 Å². The number of fused-ring (bicyclic) bond motifs is 1. The zero-order valence-electron chi connectivity index (χ0n) is 15.2. The summed E-state index contributed by atoms with van der Waals surface area (Å²) in [4.78, 5) is 23.0. The summed E-state index contributed by atoms with van der Waals surface area (Å²) in [5.74, 6) is -2.98. The molecule has 1 aromatic rings. The molecule has 2 heterocycles. The van der Waals surface area contributed by atoms with Gasteiger partial charge < -0.3 is 15.2 Å². The third-order valence-corrected chi connectivity index (χ3v) is 4.74. The zero-order chi connectivity index (χ0) is 20.9. The summed E-state index contributed by atoms with van der Waals surface area (Å²) in [7, 11) is 1.65. The normalized spacial score (nSPS) is 24.7. The minimum Gasteiger partial charge on any atom is -0.475 e. The molecule has 6 nitrogen and oxygen atoms in total. The fourth-order valence-electron chi connectivity index (χ4n) is 3.39. The number of hydrogen-bond donors (Lipinski definition) is 2. The number of nitrogens with zero attached hydrogens (tertiary/aromatic N) is 1. The molecule has 156 valence electrons. The summed E-state index contributed by atoms with van der Waals surface area (Å²) in [6.07, 6.45) is -2.55. The summed E-state index contributed by atoms with van der Waals surface area (Å²) in [5.41, 5.74) is 1.12. The Labute approximate surface area is 159 Å². The second kappa shape index (κ2) is 9.33. The van der Waals surface area contributed by atoms with Crippen LogP contribution >= 0.6 is 0 Å². The molecule has 2 saturated heterocycles. The zero-order valence-corrected chi connectivity index (χ0v) is 15.2. The molecule has 0 aliphatic carbocycles. The number of carboxylic acids is 1. The quantitative estimate of drug-likeness (QED) is 0.754. The van der Waals surface area contributed by atoms with Gasteiger partial charge in [-0.05, 0) is 37.0 Å². The SMILES string of the molecule is CNC(=O)[C@@H]1CC[C@@H]2[C@@H](CCN2Cc2ccc(F)cc2)O1.O=C(O)C(F)(F)F. The van der Waals surface area contributed by atoms with Crippen LogP contribution in [-0.2, 0) is 20.9 Å². The summed E-state index contributed by atoms with van der Waals surface area (Å²) in [6, 6.07) is 7.04. The Bertz CT molecular complexity index is 681. The number of aliphatic carboxylic acids is 1. The molecule has 2 aliphatic heterocycles. The van der Waals surface area contributed by atoms with Crippen LogP contribution in [0.2, 0.25) is 0 Å². The average molecular weight is 406 g/mol. The van der Waals surface area contributed by atoms with Crippen LogP contribution in [0, 0.1) is 5.82 Å². The van der Waals surface area contributed by atoms with E-state index in [1.807, 2.05) is 12.1 Å². The van der Waals surface area contributed by atoms with E-state index < -0.39 is 12.1 Å². The molecule has 10 heteroatoms. The lowest BCUT2D eigenvalue weighted by Crippen LogP contribution is -2.47. The number of likely N-dealkylation sites (N-methyl/N-ethyl adjacent to an activating group) is 1. The van der Waals surface area contributed by atoms with E-state index in [1.54, 1.807) is 7.05 Å². The van der Waals surface area contributed by atoms with Crippen molar-refractivity contribution in [2.75, 3.05) is 13.6 Å². The van der Waals surface area contributed by atoms with Gasteiger partial charge in [-0.15, -0.1) is 0 Å². The molecule has 0 bridgehead atoms. The van der Waals surface area contributed by atoms with E-state index in [4.69, 9.17) is 14.6 Å². The topological polar surface area (TPSA) is 78.9 Å². The van der Waals surface area contributed by atoms with Crippen LogP contribution in [0.3, 0.4) is 0 Å². The third-order valence-electron chi connectivity index (χ3n) is 4.74. The number of likely N-dealkylation sites (tertiary alicyclic amines) is 1. The molecule has 0 unspecified atom stereocenters. The number of carbonyl (C=O) groups excluding carboxylic acids is 1. The van der Waals surface area contributed by atoms with E-state index in [1.165, 1.54) is 12.1 Å². The number of nitrogens with one attached hydrogen (secondary N) is 1. The van der Waals surface area contributed by atoms with Crippen molar-refractivity contribution in [1.29, 1.82) is 0 Å². The van der Waals surface area contributed by atoms with Gasteiger partial charge in [0.2, 0.25) is 5.91 Å². The second-order valence-electron chi connectivity index (χ2n) is 6.61. The maximum Gasteiger partial charge on any atom is 0.490 e. The number of ether oxygens (including phenoxy) is 1. The van der Waals surface area contributed by atoms with Gasteiger partial charge in [0, 0.05) is 26.2 Å². The first kappa shape index (κ1) is 22.1. The van der Waals surface area contributed by atoms with Crippen molar-refractivity contribution in [2.45, 2.75) is 50.2 Å². The first-order chi connectivity index (χ1) is 13.1. The van der Waals surface area contributed by atoms with E-state index in [0.717, 1.165) is 37.9 Å². The smallest absolute Gasteiger partial charge is 0.475 e. The highest BCUT2D eigenvalue weighted by Gasteiger charge is 2.41. The van der Waals surface area contributed by atoms with Crippen LogP contribution in [-0.4, -0.2) is 59.9 Å². The van der Waals surface area contributed by atoms with Crippen molar-refractivity contribution < 1.29 is 37.0 Å². The Balaban J connectivity index is 0.000000345. The monoisotopic (exact) mass is 406 g/mol. The number of benzene rings is 1. The van der Waals surface area contributed by atoms with Crippen molar-refractivity contribution in [3.05, 3.63) is 35.6 Å². The number of carbonyl (C=O) groups is 2. The van der Waals surface area contributed by atoms with Crippen molar-refractivity contribution in [2.24, 2.45) is 0 Å². The van der Waals surface area contributed by atoms with Crippen LogP contribution in [0.25, 0.3) is 0 Å². The fourth-order valence-corrected chi connectivity index (χ4v) is 3.39. The van der Waals surface area contributed by atoms with Crippen LogP contribution in [0.4, 0.5) is 17.6 Å². The van der Waals surface area contributed by atoms with Crippen LogP contribution < -0.4 is 5.32 Å². The molecule has 2 N–H and O–H groups in total. The van der Waals surface area contributed by atoms with Crippen molar-refractivity contribution >= 4 is 11.9 Å². The van der Waals surface area contributed by atoms with Gasteiger partial charge in [0.15, 0.2) is 0 Å². The van der Waals surface area contributed by atoms with Gasteiger partial charge in [0.1, 0.15) is 11.9 Å². The van der Waals surface area contributed by atoms with E-state index in [-0.39, 0.29) is 23.9 Å². The molecule has 3 rings (SSSR count). The lowest BCUT2D eigenvalue weighted by molar-refractivity contribution is -0.192. The van der Waals surface area contributed by atoms with Gasteiger partial charge in [-0.2, -0.15) is 13.2 Å². The summed E-state index contributed by atoms with van der Waals surface area (Å²) in [6.45, 7) is 1.78. The lowest BCUT2D eigenvalue weighted by atomic mass is 9.98. The number of amides is 1. The predicted octanol–water partition coefficient (Wildman–Crippen LogP) is 2.33. The molecule has 2 aliphatic rings. The maximum atomic E-state index is 12.9. The maximum absolute atomic E-state index is 12.9. The highest BCUT2D eigenvalue weighted by Crippen LogP contribution is 2.32. The van der Waals surface area contributed by atoms with E-state index >= 15 is 0 Å². The minimum atomic E-state index is -5.08. The minimum absolute atomic E-state index is 0.0227. The van der Waals surface area contributed by atoms with E-state index in [2.05, 4.69) is 10.2 Å². The Morgan fingerprint density at radius 3 is 2.36 bits per heavy atom. The van der Waals surface area contributed by atoms with Gasteiger partial charge in [0.05, 0.1) is 6.10 Å². The van der Waals surface area contributed by atoms with Gasteiger partial charge in [-0.25, -0.2) is 9.18 Å². The highest BCUT2D eigenvalue weighted by atomic mass is 19.4. The number of carboxylic acid groups (broad SMARTS) is 1. The summed E-state index contributed by atoms with van der Waals surface area (Å²) in [5, 5.41) is 9.78. The number of halogens is 4. The Kier molecular flexibility index (Phi) is 7.36. The molecule has 3 atom stereocenters. The largest absolute Gasteiger partial charge is 0.490 e. The van der Waals surface area contributed by atoms with Crippen molar-refractivity contribution in [1.82, 2.24) is 10.2 Å². The second-order valence-corrected chi connectivity index (χ2v) is 6.61. The van der Waals surface area contributed by atoms with Crippen molar-refractivity contribution in [3.63, 3.8) is 0 Å². The molecule has 0 radical (unpaired) electrons. The molecule has 1 amide bonds. The molecular weight excluding hydrogens is 384 g/mol. The molecule has 0 spiro atoms. The molecular formula is C18H22F4N2O4. The first-order valence-corrected chi connectivity index (χ1v) is 8.77. The Morgan fingerprint density at radius 1 is 1.21 bits per heavy atom. The molecule has 2 fully saturated rings. The molecule has 0 aromatic heterocycles. The van der Waals surface area contributed by atoms with Gasteiger partial charge in [0.25, 0.3) is 0 Å². The standard InChI is InChI=1S/C16H21FN2O2.C2HF3O2/c1-18-16(20)15-7-6-13-14(21-15)8-9-19(13)10-11-2-4-12(17)5-3-11;3-2(4,5)1(6)7/h2-5,13-15H,6-10H2,1H3,(H,18,20);(H,6,7)/t13-,14-,15+;/m1./s1. The average Bonchev–Trinajstić information content (AvgIpc) is 3.04. The van der Waals surface area contributed by atoms with Gasteiger partial charge in [-0.1, -0.05) is 12.1 Å². The Morgan fingerprint density at radius 2 is 1.82 bits per heavy atom. The van der Waals surface area contributed by atoms with Gasteiger partial charge >= 0.3 is 12.1 Å². The predicted molar refractivity (Wildman–Crippen MR) is 90.9 cm³/mol. The first-order valence-electron chi connectivity index (χ1n) is 8.77. The fraction of sp³-hybridized carbons (Fsp3) is 0.556. The lowest BCUT2D eigenvalue weighted by Gasteiger charge is -2.35. The highest BCUT2D eigenvalue weighted by molar-refractivity contribution is 5.80.